The lowest BCUT2D eigenvalue weighted by Crippen LogP contribution is -2.04. The summed E-state index contributed by atoms with van der Waals surface area (Å²) in [5.41, 5.74) is 1.48. The number of aliphatic hydroxyl groups is 1. The number of ether oxygens (including phenoxy) is 1. The summed E-state index contributed by atoms with van der Waals surface area (Å²) in [6.07, 6.45) is -0.756. The van der Waals surface area contributed by atoms with Crippen LogP contribution < -0.4 is 4.74 Å². The van der Waals surface area contributed by atoms with Crippen LogP contribution >= 0.6 is 27.5 Å². The van der Waals surface area contributed by atoms with Gasteiger partial charge in [0.05, 0.1) is 11.6 Å². The summed E-state index contributed by atoms with van der Waals surface area (Å²) in [4.78, 5) is 0. The molecule has 2 nitrogen and oxygen atoms in total. The second kappa shape index (κ2) is 6.42. The zero-order chi connectivity index (χ0) is 13.8. The second-order valence-corrected chi connectivity index (χ2v) is 5.31. The van der Waals surface area contributed by atoms with Crippen LogP contribution in [0.2, 0.25) is 5.02 Å². The molecule has 2 rings (SSSR count). The van der Waals surface area contributed by atoms with Crippen LogP contribution in [0.1, 0.15) is 24.2 Å². The molecular formula is C15H14BrClO2. The number of halogens is 2. The van der Waals surface area contributed by atoms with Crippen molar-refractivity contribution in [2.45, 2.75) is 13.0 Å². The van der Waals surface area contributed by atoms with Crippen LogP contribution in [0.15, 0.2) is 46.9 Å². The largest absolute Gasteiger partial charge is 0.493 e. The molecule has 19 heavy (non-hydrogen) atoms. The maximum Gasteiger partial charge on any atom is 0.125 e. The van der Waals surface area contributed by atoms with Crippen LogP contribution in [0.4, 0.5) is 0 Å². The highest BCUT2D eigenvalue weighted by atomic mass is 79.9. The highest BCUT2D eigenvalue weighted by molar-refractivity contribution is 9.10. The highest BCUT2D eigenvalue weighted by Crippen LogP contribution is 2.33. The van der Waals surface area contributed by atoms with Crippen LogP contribution in [-0.2, 0) is 0 Å². The molecule has 0 aliphatic rings. The number of benzene rings is 2. The lowest BCUT2D eigenvalue weighted by Gasteiger charge is -2.16. The van der Waals surface area contributed by atoms with Gasteiger partial charge in [-0.2, -0.15) is 0 Å². The third-order valence-corrected chi connectivity index (χ3v) is 4.01. The Hall–Kier alpha value is -1.03. The first kappa shape index (κ1) is 14.4. The number of rotatable bonds is 4. The normalized spacial score (nSPS) is 12.2. The molecule has 4 heteroatoms. The average molecular weight is 342 g/mol. The van der Waals surface area contributed by atoms with Crippen molar-refractivity contribution in [1.29, 1.82) is 0 Å². The van der Waals surface area contributed by atoms with E-state index in [0.717, 1.165) is 15.6 Å². The van der Waals surface area contributed by atoms with E-state index in [1.54, 1.807) is 6.07 Å². The third-order valence-electron chi connectivity index (χ3n) is 2.77. The smallest absolute Gasteiger partial charge is 0.125 e. The van der Waals surface area contributed by atoms with E-state index in [1.165, 1.54) is 0 Å². The first-order valence-electron chi connectivity index (χ1n) is 5.98. The van der Waals surface area contributed by atoms with Gasteiger partial charge in [0.15, 0.2) is 0 Å². The Kier molecular flexibility index (Phi) is 4.86. The maximum atomic E-state index is 10.5. The fraction of sp³-hybridized carbons (Fsp3) is 0.200. The first-order valence-corrected chi connectivity index (χ1v) is 7.15. The van der Waals surface area contributed by atoms with Crippen LogP contribution in [0.3, 0.4) is 0 Å². The molecule has 100 valence electrons. The zero-order valence-corrected chi connectivity index (χ0v) is 12.8. The van der Waals surface area contributed by atoms with Crippen LogP contribution in [-0.4, -0.2) is 11.7 Å². The van der Waals surface area contributed by atoms with Crippen molar-refractivity contribution in [2.75, 3.05) is 6.61 Å². The van der Waals surface area contributed by atoms with E-state index in [4.69, 9.17) is 16.3 Å². The predicted octanol–water partition coefficient (Wildman–Crippen LogP) is 4.58. The monoisotopic (exact) mass is 340 g/mol. The van der Waals surface area contributed by atoms with Crippen LogP contribution in [0, 0.1) is 0 Å². The minimum Gasteiger partial charge on any atom is -0.493 e. The number of para-hydroxylation sites is 1. The summed E-state index contributed by atoms with van der Waals surface area (Å²) in [6, 6.07) is 12.9. The van der Waals surface area contributed by atoms with Gasteiger partial charge in [-0.05, 0) is 46.6 Å². The Morgan fingerprint density at radius 2 is 2.00 bits per heavy atom. The van der Waals surface area contributed by atoms with Gasteiger partial charge in [0.25, 0.3) is 0 Å². The summed E-state index contributed by atoms with van der Waals surface area (Å²) >= 11 is 9.39. The van der Waals surface area contributed by atoms with E-state index in [2.05, 4.69) is 15.9 Å². The molecule has 2 aromatic carbocycles. The second-order valence-electron chi connectivity index (χ2n) is 4.05. The molecule has 0 aliphatic heterocycles. The SMILES string of the molecule is CCOc1ccccc1C(O)c1ccc(Br)c(Cl)c1. The number of hydrogen-bond donors (Lipinski definition) is 1. The fourth-order valence-electron chi connectivity index (χ4n) is 1.86. The molecule has 0 bridgehead atoms. The van der Waals surface area contributed by atoms with E-state index < -0.39 is 6.10 Å². The Morgan fingerprint density at radius 3 is 2.68 bits per heavy atom. The maximum absolute atomic E-state index is 10.5. The zero-order valence-electron chi connectivity index (χ0n) is 10.4. The molecule has 1 N–H and O–H groups in total. The Bertz CT molecular complexity index is 572. The summed E-state index contributed by atoms with van der Waals surface area (Å²) < 4.78 is 6.34. The third kappa shape index (κ3) is 3.30. The van der Waals surface area contributed by atoms with Crippen LogP contribution in [0.5, 0.6) is 5.75 Å². The topological polar surface area (TPSA) is 29.5 Å². The van der Waals surface area contributed by atoms with Gasteiger partial charge >= 0.3 is 0 Å². The lowest BCUT2D eigenvalue weighted by atomic mass is 10.0. The van der Waals surface area contributed by atoms with E-state index in [-0.39, 0.29) is 0 Å². The molecule has 0 fully saturated rings. The molecule has 1 atom stereocenters. The summed E-state index contributed by atoms with van der Waals surface area (Å²) in [5.74, 6) is 0.691. The predicted molar refractivity (Wildman–Crippen MR) is 80.8 cm³/mol. The Labute approximate surface area is 126 Å². The molecule has 0 radical (unpaired) electrons. The Balaban J connectivity index is 2.37. The molecule has 0 saturated heterocycles. The first-order chi connectivity index (χ1) is 9.13. The van der Waals surface area contributed by atoms with Crippen molar-refractivity contribution in [3.63, 3.8) is 0 Å². The van der Waals surface area contributed by atoms with Crippen LogP contribution in [0.25, 0.3) is 0 Å². The van der Waals surface area contributed by atoms with E-state index in [1.807, 2.05) is 43.3 Å². The molecular weight excluding hydrogens is 328 g/mol. The quantitative estimate of drug-likeness (QED) is 0.882. The molecule has 0 heterocycles. The number of hydrogen-bond acceptors (Lipinski definition) is 2. The summed E-state index contributed by atoms with van der Waals surface area (Å²) in [7, 11) is 0. The van der Waals surface area contributed by atoms with Crippen molar-refractivity contribution in [3.05, 3.63) is 63.1 Å². The van der Waals surface area contributed by atoms with Crippen molar-refractivity contribution in [2.24, 2.45) is 0 Å². The average Bonchev–Trinajstić information content (AvgIpc) is 2.42. The molecule has 0 aromatic heterocycles. The van der Waals surface area contributed by atoms with Gasteiger partial charge in [0.1, 0.15) is 11.9 Å². The molecule has 0 spiro atoms. The van der Waals surface area contributed by atoms with Gasteiger partial charge in [-0.25, -0.2) is 0 Å². The Morgan fingerprint density at radius 1 is 1.26 bits per heavy atom. The lowest BCUT2D eigenvalue weighted by molar-refractivity contribution is 0.212. The molecule has 1 unspecified atom stereocenters. The number of aliphatic hydroxyl groups excluding tert-OH is 1. The van der Waals surface area contributed by atoms with Crippen molar-refractivity contribution < 1.29 is 9.84 Å². The van der Waals surface area contributed by atoms with Gasteiger partial charge in [-0.1, -0.05) is 35.9 Å². The van der Waals surface area contributed by atoms with Gasteiger partial charge in [0, 0.05) is 10.0 Å². The van der Waals surface area contributed by atoms with Gasteiger partial charge in [-0.15, -0.1) is 0 Å². The highest BCUT2D eigenvalue weighted by Gasteiger charge is 2.16. The minimum atomic E-state index is -0.756. The van der Waals surface area contributed by atoms with Gasteiger partial charge in [-0.3, -0.25) is 0 Å². The standard InChI is InChI=1S/C15H14BrClO2/c1-2-19-14-6-4-3-5-11(14)15(18)10-7-8-12(16)13(17)9-10/h3-9,15,18H,2H2,1H3. The van der Waals surface area contributed by atoms with Crippen molar-refractivity contribution >= 4 is 27.5 Å². The molecule has 0 saturated carbocycles. The minimum absolute atomic E-state index is 0.560. The molecule has 0 aliphatic carbocycles. The summed E-state index contributed by atoms with van der Waals surface area (Å²) in [5, 5.41) is 11.0. The summed E-state index contributed by atoms with van der Waals surface area (Å²) in [6.45, 7) is 2.48. The van der Waals surface area contributed by atoms with Gasteiger partial charge in [0.2, 0.25) is 0 Å². The van der Waals surface area contributed by atoms with Crippen molar-refractivity contribution in [3.8, 4) is 5.75 Å². The molecule has 0 amide bonds. The fourth-order valence-corrected chi connectivity index (χ4v) is 2.29. The van der Waals surface area contributed by atoms with Gasteiger partial charge < -0.3 is 9.84 Å². The van der Waals surface area contributed by atoms with E-state index >= 15 is 0 Å². The van der Waals surface area contributed by atoms with Crippen molar-refractivity contribution in [1.82, 2.24) is 0 Å². The van der Waals surface area contributed by atoms with E-state index in [9.17, 15) is 5.11 Å². The molecule has 2 aromatic rings. The van der Waals surface area contributed by atoms with E-state index in [0.29, 0.717) is 17.4 Å².